The van der Waals surface area contributed by atoms with E-state index in [4.69, 9.17) is 9.72 Å². The van der Waals surface area contributed by atoms with Gasteiger partial charge in [-0.15, -0.1) is 0 Å². The van der Waals surface area contributed by atoms with Gasteiger partial charge in [0.15, 0.2) is 11.5 Å². The van der Waals surface area contributed by atoms with E-state index < -0.39 is 0 Å². The Balaban J connectivity index is 1.39. The number of nitrogens with one attached hydrogen (secondary N) is 2. The number of hydrogen-bond acceptors (Lipinski definition) is 6. The van der Waals surface area contributed by atoms with E-state index in [1.807, 2.05) is 13.0 Å². The number of carbonyl (C=O) groups is 1. The highest BCUT2D eigenvalue weighted by Crippen LogP contribution is 2.37. The number of fused-ring (bicyclic) bond motifs is 2. The first-order valence-electron chi connectivity index (χ1n) is 11.3. The van der Waals surface area contributed by atoms with Gasteiger partial charge in [-0.2, -0.15) is 5.10 Å². The molecule has 3 aromatic heterocycles. The molecule has 5 rings (SSSR count). The molecule has 170 valence electrons. The maximum atomic E-state index is 13.1. The third-order valence-corrected chi connectivity index (χ3v) is 6.88. The molecule has 0 spiro atoms. The monoisotopic (exact) mass is 437 g/mol. The molecule has 4 heterocycles. The Labute approximate surface area is 187 Å². The Kier molecular flexibility index (Phi) is 5.25. The van der Waals surface area contributed by atoms with Crippen LogP contribution in [-0.4, -0.2) is 75.3 Å². The van der Waals surface area contributed by atoms with Crippen LogP contribution in [0, 0.1) is 5.41 Å². The lowest BCUT2D eigenvalue weighted by atomic mass is 9.76. The number of nitrogens with zero attached hydrogens (tertiary/aromatic N) is 5. The predicted molar refractivity (Wildman–Crippen MR) is 123 cm³/mol. The summed E-state index contributed by atoms with van der Waals surface area (Å²) in [5, 5.41) is 7.78. The van der Waals surface area contributed by atoms with E-state index in [1.165, 1.54) is 11.3 Å². The second-order valence-corrected chi connectivity index (χ2v) is 9.74. The highest BCUT2D eigenvalue weighted by atomic mass is 16.5. The third-order valence-electron chi connectivity index (χ3n) is 6.88. The molecule has 0 bridgehead atoms. The largest absolute Gasteiger partial charge is 0.379 e. The van der Waals surface area contributed by atoms with Crippen molar-refractivity contribution in [1.29, 1.82) is 0 Å². The number of carbonyl (C=O) groups excluding carboxylic acids is 1. The first-order chi connectivity index (χ1) is 15.3. The van der Waals surface area contributed by atoms with Crippen molar-refractivity contribution in [2.75, 3.05) is 38.3 Å². The molecule has 0 radical (unpaired) electrons. The van der Waals surface area contributed by atoms with Gasteiger partial charge >= 0.3 is 0 Å². The topological polar surface area (TPSA) is 103 Å². The van der Waals surface area contributed by atoms with Gasteiger partial charge < -0.3 is 14.6 Å². The minimum absolute atomic E-state index is 0.0350. The normalized spacial score (nSPS) is 19.6. The molecular weight excluding hydrogens is 406 g/mol. The number of pyridine rings is 1. The summed E-state index contributed by atoms with van der Waals surface area (Å²) in [6, 6.07) is 1.70. The fraction of sp³-hybridized carbons (Fsp3) is 0.565. The van der Waals surface area contributed by atoms with Crippen LogP contribution < -0.4 is 4.90 Å². The molecule has 9 nitrogen and oxygen atoms in total. The maximum absolute atomic E-state index is 13.1. The second-order valence-electron chi connectivity index (χ2n) is 9.74. The minimum atomic E-state index is -0.214. The van der Waals surface area contributed by atoms with E-state index in [1.54, 1.807) is 18.1 Å². The molecule has 0 aromatic carbocycles. The van der Waals surface area contributed by atoms with Gasteiger partial charge in [0.25, 0.3) is 0 Å². The summed E-state index contributed by atoms with van der Waals surface area (Å²) in [5.41, 5.74) is 5.76. The molecular formula is C23H31N7O2. The number of rotatable bonds is 4. The Bertz CT molecular complexity index is 1140. The van der Waals surface area contributed by atoms with Crippen molar-refractivity contribution in [3.05, 3.63) is 23.5 Å². The molecule has 1 saturated heterocycles. The number of hydrogen-bond donors (Lipinski definition) is 2. The van der Waals surface area contributed by atoms with Crippen LogP contribution in [0.25, 0.3) is 22.7 Å². The summed E-state index contributed by atoms with van der Waals surface area (Å²) in [6.45, 7) is 9.41. The van der Waals surface area contributed by atoms with Gasteiger partial charge in [-0.25, -0.2) is 9.97 Å². The zero-order chi connectivity index (χ0) is 22.5. The molecule has 1 aliphatic carbocycles. The van der Waals surface area contributed by atoms with Gasteiger partial charge in [-0.3, -0.25) is 14.8 Å². The van der Waals surface area contributed by atoms with Gasteiger partial charge in [0.1, 0.15) is 11.2 Å². The lowest BCUT2D eigenvalue weighted by molar-refractivity contribution is -0.124. The van der Waals surface area contributed by atoms with E-state index in [2.05, 4.69) is 38.9 Å². The smallest absolute Gasteiger partial charge is 0.243 e. The van der Waals surface area contributed by atoms with Crippen LogP contribution in [0.2, 0.25) is 0 Å². The number of morpholine rings is 1. The second kappa shape index (κ2) is 7.97. The zero-order valence-corrected chi connectivity index (χ0v) is 19.2. The number of ether oxygens (including phenoxy) is 1. The van der Waals surface area contributed by atoms with Gasteiger partial charge in [0, 0.05) is 31.4 Å². The maximum Gasteiger partial charge on any atom is 0.243 e. The van der Waals surface area contributed by atoms with Gasteiger partial charge in [-0.1, -0.05) is 13.8 Å². The van der Waals surface area contributed by atoms with Crippen molar-refractivity contribution < 1.29 is 9.53 Å². The number of H-pyrrole nitrogens is 2. The lowest BCUT2D eigenvalue weighted by Gasteiger charge is -2.33. The van der Waals surface area contributed by atoms with E-state index in [-0.39, 0.29) is 17.4 Å². The summed E-state index contributed by atoms with van der Waals surface area (Å²) < 4.78 is 5.40. The number of amides is 1. The van der Waals surface area contributed by atoms with Crippen molar-refractivity contribution in [3.8, 4) is 11.5 Å². The van der Waals surface area contributed by atoms with Crippen LogP contribution >= 0.6 is 0 Å². The van der Waals surface area contributed by atoms with Crippen LogP contribution in [0.4, 0.5) is 5.69 Å². The Hall–Kier alpha value is -2.78. The number of likely N-dealkylation sites (N-methyl/N-ethyl adjacent to an activating group) is 1. The fourth-order valence-electron chi connectivity index (χ4n) is 4.75. The molecule has 1 amide bonds. The van der Waals surface area contributed by atoms with Crippen LogP contribution in [-0.2, 0) is 22.4 Å². The first-order valence-corrected chi connectivity index (χ1v) is 11.3. The molecule has 1 aliphatic heterocycles. The predicted octanol–water partition coefficient (Wildman–Crippen LogP) is 2.55. The van der Waals surface area contributed by atoms with Gasteiger partial charge in [0.2, 0.25) is 5.91 Å². The Morgan fingerprint density at radius 3 is 2.88 bits per heavy atom. The average molecular weight is 438 g/mol. The summed E-state index contributed by atoms with van der Waals surface area (Å²) >= 11 is 0. The number of aromatic nitrogens is 5. The van der Waals surface area contributed by atoms with Crippen LogP contribution in [0.3, 0.4) is 0 Å². The summed E-state index contributed by atoms with van der Waals surface area (Å²) in [6.07, 6.45) is 4.83. The fourth-order valence-corrected chi connectivity index (χ4v) is 4.75. The number of aromatic amines is 2. The Morgan fingerprint density at radius 2 is 2.09 bits per heavy atom. The SMILES string of the molecule is CC(C(=O)N(C)c1cnc2[nH]c(-c3n[nH]c4c3CCC(C)(C)C4)nc2c1)N1CCOCC1. The van der Waals surface area contributed by atoms with Crippen LogP contribution in [0.5, 0.6) is 0 Å². The van der Waals surface area contributed by atoms with E-state index in [9.17, 15) is 4.79 Å². The highest BCUT2D eigenvalue weighted by molar-refractivity contribution is 5.97. The molecule has 2 aliphatic rings. The molecule has 3 aromatic rings. The van der Waals surface area contributed by atoms with Crippen LogP contribution in [0.15, 0.2) is 12.3 Å². The molecule has 1 unspecified atom stereocenters. The molecule has 2 N–H and O–H groups in total. The average Bonchev–Trinajstić information content (AvgIpc) is 3.40. The van der Waals surface area contributed by atoms with Crippen LogP contribution in [0.1, 0.15) is 38.4 Å². The van der Waals surface area contributed by atoms with E-state index in [0.29, 0.717) is 18.9 Å². The van der Waals surface area contributed by atoms with Gasteiger partial charge in [-0.05, 0) is 37.7 Å². The number of imidazole rings is 1. The molecule has 1 atom stereocenters. The summed E-state index contributed by atoms with van der Waals surface area (Å²) in [5.74, 6) is 0.755. The third kappa shape index (κ3) is 3.80. The van der Waals surface area contributed by atoms with Crippen molar-refractivity contribution >= 4 is 22.8 Å². The zero-order valence-electron chi connectivity index (χ0n) is 19.2. The standard InChI is InChI=1S/C23H31N7O2/c1-14(30-7-9-32-10-8-30)22(31)29(4)15-11-17-20(24-13-15)26-21(25-17)19-16-5-6-23(2,3)12-18(16)27-28-19/h11,13-14H,5-10,12H2,1-4H3,(H,27,28)(H,24,25,26). The molecule has 32 heavy (non-hydrogen) atoms. The van der Waals surface area contributed by atoms with Gasteiger partial charge in [0.05, 0.1) is 31.1 Å². The minimum Gasteiger partial charge on any atom is -0.379 e. The molecule has 9 heteroatoms. The molecule has 1 fully saturated rings. The van der Waals surface area contributed by atoms with Crippen molar-refractivity contribution in [2.24, 2.45) is 5.41 Å². The molecule has 0 saturated carbocycles. The summed E-state index contributed by atoms with van der Waals surface area (Å²) in [4.78, 5) is 29.5. The number of anilines is 1. The van der Waals surface area contributed by atoms with Crippen molar-refractivity contribution in [1.82, 2.24) is 30.0 Å². The van der Waals surface area contributed by atoms with Crippen molar-refractivity contribution in [3.63, 3.8) is 0 Å². The first kappa shape index (κ1) is 21.1. The van der Waals surface area contributed by atoms with E-state index >= 15 is 0 Å². The lowest BCUT2D eigenvalue weighted by Crippen LogP contribution is -2.50. The van der Waals surface area contributed by atoms with Crippen molar-refractivity contribution in [2.45, 2.75) is 46.1 Å². The summed E-state index contributed by atoms with van der Waals surface area (Å²) in [7, 11) is 1.79. The quantitative estimate of drug-likeness (QED) is 0.650. The highest BCUT2D eigenvalue weighted by Gasteiger charge is 2.30. The van der Waals surface area contributed by atoms with E-state index in [0.717, 1.165) is 55.1 Å². The Morgan fingerprint density at radius 1 is 1.31 bits per heavy atom.